The zero-order chi connectivity index (χ0) is 7.28. The van der Waals surface area contributed by atoms with Gasteiger partial charge in [-0.25, -0.2) is 16.1 Å². The predicted octanol–water partition coefficient (Wildman–Crippen LogP) is -1.79. The number of amides is 3. The third-order valence-corrected chi connectivity index (χ3v) is 0.483. The third-order valence-electron chi connectivity index (χ3n) is 0.483. The fourth-order valence-electron chi connectivity index (χ4n) is 0.181. The second-order valence-corrected chi connectivity index (χ2v) is 1.28. The van der Waals surface area contributed by atoms with Gasteiger partial charge in [-0.05, 0) is 0 Å². The Kier molecular flexibility index (Phi) is 3.14. The standard InChI is InChI=1S/C3H8N4O2/c1-2(8)6-7-3(9)5-4/h4H2,1H3,(H,6,8)(H2,5,7,9). The SMILES string of the molecule is CC(=O)NNC(=O)NN. The molecular weight excluding hydrogens is 124 g/mol. The first-order valence-corrected chi connectivity index (χ1v) is 2.20. The molecule has 9 heavy (non-hydrogen) atoms. The van der Waals surface area contributed by atoms with Crippen LogP contribution >= 0.6 is 0 Å². The van der Waals surface area contributed by atoms with Crippen molar-refractivity contribution >= 4 is 11.9 Å². The molecule has 0 aliphatic rings. The molecule has 0 aromatic carbocycles. The van der Waals surface area contributed by atoms with E-state index >= 15 is 0 Å². The van der Waals surface area contributed by atoms with Gasteiger partial charge in [0.1, 0.15) is 0 Å². The molecule has 0 atom stereocenters. The molecule has 0 fully saturated rings. The Labute approximate surface area is 51.7 Å². The monoisotopic (exact) mass is 132 g/mol. The van der Waals surface area contributed by atoms with E-state index in [0.717, 1.165) is 0 Å². The van der Waals surface area contributed by atoms with Crippen molar-refractivity contribution in [2.24, 2.45) is 5.84 Å². The molecule has 6 nitrogen and oxygen atoms in total. The van der Waals surface area contributed by atoms with E-state index in [1.54, 1.807) is 5.43 Å². The number of carbonyl (C=O) groups excluding carboxylic acids is 2. The third kappa shape index (κ3) is 4.56. The van der Waals surface area contributed by atoms with Crippen LogP contribution in [0.2, 0.25) is 0 Å². The minimum absolute atomic E-state index is 0.362. The summed E-state index contributed by atoms with van der Waals surface area (Å²) < 4.78 is 0. The molecule has 5 N–H and O–H groups in total. The van der Waals surface area contributed by atoms with Crippen molar-refractivity contribution in [3.05, 3.63) is 0 Å². The second kappa shape index (κ2) is 3.67. The van der Waals surface area contributed by atoms with Gasteiger partial charge in [-0.1, -0.05) is 0 Å². The van der Waals surface area contributed by atoms with E-state index in [-0.39, 0.29) is 5.91 Å². The number of nitrogens with one attached hydrogen (secondary N) is 3. The van der Waals surface area contributed by atoms with Gasteiger partial charge in [-0.15, -0.1) is 0 Å². The molecule has 0 saturated heterocycles. The summed E-state index contributed by atoms with van der Waals surface area (Å²) in [4.78, 5) is 20.2. The van der Waals surface area contributed by atoms with Gasteiger partial charge >= 0.3 is 6.03 Å². The maximum absolute atomic E-state index is 10.2. The van der Waals surface area contributed by atoms with Gasteiger partial charge in [-0.3, -0.25) is 15.6 Å². The Balaban J connectivity index is 3.28. The number of hydrogen-bond donors (Lipinski definition) is 4. The van der Waals surface area contributed by atoms with Crippen LogP contribution in [0.1, 0.15) is 6.92 Å². The fraction of sp³-hybridized carbons (Fsp3) is 0.333. The Bertz CT molecular complexity index is 123. The van der Waals surface area contributed by atoms with Crippen LogP contribution in [0.5, 0.6) is 0 Å². The number of urea groups is 1. The van der Waals surface area contributed by atoms with Gasteiger partial charge in [0.2, 0.25) is 5.91 Å². The van der Waals surface area contributed by atoms with Crippen LogP contribution in [-0.2, 0) is 4.79 Å². The number of carbonyl (C=O) groups is 2. The highest BCUT2D eigenvalue weighted by Gasteiger charge is 1.93. The van der Waals surface area contributed by atoms with E-state index < -0.39 is 6.03 Å². The molecule has 0 bridgehead atoms. The highest BCUT2D eigenvalue weighted by atomic mass is 16.2. The first kappa shape index (κ1) is 7.70. The van der Waals surface area contributed by atoms with Gasteiger partial charge in [0.15, 0.2) is 0 Å². The van der Waals surface area contributed by atoms with Crippen molar-refractivity contribution in [2.75, 3.05) is 0 Å². The molecule has 3 amide bonds. The molecular formula is C3H8N4O2. The lowest BCUT2D eigenvalue weighted by molar-refractivity contribution is -0.119. The highest BCUT2D eigenvalue weighted by Crippen LogP contribution is 1.54. The molecule has 0 unspecified atom stereocenters. The van der Waals surface area contributed by atoms with Crippen molar-refractivity contribution in [3.63, 3.8) is 0 Å². The lowest BCUT2D eigenvalue weighted by atomic mass is 10.8. The van der Waals surface area contributed by atoms with Crippen LogP contribution in [0, 0.1) is 0 Å². The molecule has 0 rings (SSSR count). The van der Waals surface area contributed by atoms with E-state index in [2.05, 4.69) is 5.84 Å². The maximum atomic E-state index is 10.2. The summed E-state index contributed by atoms with van der Waals surface area (Å²) in [5, 5.41) is 0. The minimum Gasteiger partial charge on any atom is -0.275 e. The normalized spacial score (nSPS) is 7.78. The number of nitrogens with two attached hydrogens (primary N) is 1. The van der Waals surface area contributed by atoms with Crippen LogP contribution in [0.3, 0.4) is 0 Å². The Morgan fingerprint density at radius 3 is 2.22 bits per heavy atom. The quantitative estimate of drug-likeness (QED) is 0.178. The lowest BCUT2D eigenvalue weighted by Gasteiger charge is -2.01. The average molecular weight is 132 g/mol. The van der Waals surface area contributed by atoms with Crippen LogP contribution < -0.4 is 22.1 Å². The van der Waals surface area contributed by atoms with Crippen molar-refractivity contribution in [1.29, 1.82) is 0 Å². The van der Waals surface area contributed by atoms with Crippen LogP contribution in [-0.4, -0.2) is 11.9 Å². The van der Waals surface area contributed by atoms with E-state index in [1.165, 1.54) is 6.92 Å². The Morgan fingerprint density at radius 1 is 1.33 bits per heavy atom. The smallest absolute Gasteiger partial charge is 0.275 e. The van der Waals surface area contributed by atoms with Gasteiger partial charge in [0.25, 0.3) is 0 Å². The minimum atomic E-state index is -0.662. The van der Waals surface area contributed by atoms with Crippen molar-refractivity contribution < 1.29 is 9.59 Å². The lowest BCUT2D eigenvalue weighted by Crippen LogP contribution is -2.48. The van der Waals surface area contributed by atoms with Crippen molar-refractivity contribution in [2.45, 2.75) is 6.92 Å². The first-order chi connectivity index (χ1) is 4.16. The van der Waals surface area contributed by atoms with Gasteiger partial charge in [0, 0.05) is 6.92 Å². The van der Waals surface area contributed by atoms with Crippen molar-refractivity contribution in [3.8, 4) is 0 Å². The Morgan fingerprint density at radius 2 is 1.89 bits per heavy atom. The zero-order valence-electron chi connectivity index (χ0n) is 4.89. The molecule has 0 saturated carbocycles. The zero-order valence-corrected chi connectivity index (χ0v) is 4.89. The van der Waals surface area contributed by atoms with E-state index in [0.29, 0.717) is 0 Å². The number of rotatable bonds is 0. The van der Waals surface area contributed by atoms with E-state index in [1.807, 2.05) is 10.9 Å². The molecule has 0 spiro atoms. The molecule has 6 heteroatoms. The van der Waals surface area contributed by atoms with Crippen LogP contribution in [0.15, 0.2) is 0 Å². The predicted molar refractivity (Wildman–Crippen MR) is 29.7 cm³/mol. The maximum Gasteiger partial charge on any atom is 0.347 e. The average Bonchev–Trinajstić information content (AvgIpc) is 1.83. The van der Waals surface area contributed by atoms with Gasteiger partial charge < -0.3 is 0 Å². The summed E-state index contributed by atoms with van der Waals surface area (Å²) in [6, 6.07) is -0.662. The molecule has 0 aromatic rings. The summed E-state index contributed by atoms with van der Waals surface area (Å²) in [6.07, 6.45) is 0. The van der Waals surface area contributed by atoms with Crippen LogP contribution in [0.4, 0.5) is 4.79 Å². The summed E-state index contributed by atoms with van der Waals surface area (Å²) in [5.41, 5.74) is 5.73. The topological polar surface area (TPSA) is 96.2 Å². The van der Waals surface area contributed by atoms with Crippen LogP contribution in [0.25, 0.3) is 0 Å². The number of hydrogen-bond acceptors (Lipinski definition) is 3. The molecule has 0 aliphatic carbocycles. The molecule has 52 valence electrons. The van der Waals surface area contributed by atoms with E-state index in [4.69, 9.17) is 0 Å². The summed E-state index contributed by atoms with van der Waals surface area (Å²) in [5.74, 6) is 4.28. The molecule has 0 radical (unpaired) electrons. The number of hydrazine groups is 2. The summed E-state index contributed by atoms with van der Waals surface area (Å²) in [6.45, 7) is 1.26. The summed E-state index contributed by atoms with van der Waals surface area (Å²) in [7, 11) is 0. The second-order valence-electron chi connectivity index (χ2n) is 1.28. The molecule has 0 aromatic heterocycles. The van der Waals surface area contributed by atoms with Gasteiger partial charge in [0.05, 0.1) is 0 Å². The fourth-order valence-corrected chi connectivity index (χ4v) is 0.181. The Hall–Kier alpha value is -1.30. The van der Waals surface area contributed by atoms with E-state index in [9.17, 15) is 9.59 Å². The largest absolute Gasteiger partial charge is 0.347 e. The molecule has 0 aliphatic heterocycles. The molecule has 0 heterocycles. The highest BCUT2D eigenvalue weighted by molar-refractivity contribution is 5.79. The first-order valence-electron chi connectivity index (χ1n) is 2.20. The van der Waals surface area contributed by atoms with Gasteiger partial charge in [-0.2, -0.15) is 0 Å². The summed E-state index contributed by atoms with van der Waals surface area (Å²) >= 11 is 0. The van der Waals surface area contributed by atoms with Crippen molar-refractivity contribution in [1.82, 2.24) is 16.3 Å².